The van der Waals surface area contributed by atoms with Crippen molar-refractivity contribution < 1.29 is 0 Å². The van der Waals surface area contributed by atoms with Crippen molar-refractivity contribution in [2.24, 2.45) is 5.92 Å². The lowest BCUT2D eigenvalue weighted by Gasteiger charge is -2.23. The highest BCUT2D eigenvalue weighted by Crippen LogP contribution is 2.28. The zero-order valence-corrected chi connectivity index (χ0v) is 13.5. The fourth-order valence-corrected chi connectivity index (χ4v) is 2.81. The van der Waals surface area contributed by atoms with Gasteiger partial charge in [-0.3, -0.25) is 0 Å². The predicted octanol–water partition coefficient (Wildman–Crippen LogP) is 4.69. The van der Waals surface area contributed by atoms with Gasteiger partial charge in [0.2, 0.25) is 0 Å². The van der Waals surface area contributed by atoms with Crippen molar-refractivity contribution in [3.63, 3.8) is 0 Å². The van der Waals surface area contributed by atoms with Gasteiger partial charge < -0.3 is 5.32 Å². The van der Waals surface area contributed by atoms with Crippen LogP contribution in [0.3, 0.4) is 0 Å². The maximum Gasteiger partial charge on any atom is 0.0333 e. The van der Waals surface area contributed by atoms with Crippen molar-refractivity contribution in [2.75, 3.05) is 6.54 Å². The van der Waals surface area contributed by atoms with Crippen molar-refractivity contribution in [1.82, 2.24) is 5.32 Å². The normalized spacial score (nSPS) is 14.6. The summed E-state index contributed by atoms with van der Waals surface area (Å²) in [6, 6.07) is 7.14. The second-order valence-electron chi connectivity index (χ2n) is 4.84. The number of aryl methyl sites for hydroxylation is 1. The average molecular weight is 345 g/mol. The van der Waals surface area contributed by atoms with Crippen LogP contribution in [0.1, 0.15) is 50.8 Å². The first-order chi connectivity index (χ1) is 8.10. The first kappa shape index (κ1) is 15.0. The molecule has 0 aliphatic rings. The van der Waals surface area contributed by atoms with Crippen molar-refractivity contribution in [1.29, 1.82) is 0 Å². The number of benzene rings is 1. The van der Waals surface area contributed by atoms with E-state index in [0.29, 0.717) is 6.04 Å². The van der Waals surface area contributed by atoms with Gasteiger partial charge in [0.1, 0.15) is 0 Å². The van der Waals surface area contributed by atoms with Gasteiger partial charge in [-0.25, -0.2) is 0 Å². The molecule has 0 fully saturated rings. The number of hydrogen-bond donors (Lipinski definition) is 1. The molecular formula is C15H24IN. The molecule has 2 heteroatoms. The molecule has 1 aromatic rings. The Hall–Kier alpha value is -0.0900. The van der Waals surface area contributed by atoms with Gasteiger partial charge in [-0.2, -0.15) is 0 Å². The molecule has 1 aromatic carbocycles. The summed E-state index contributed by atoms with van der Waals surface area (Å²) >= 11 is 2.48. The number of rotatable bonds is 6. The van der Waals surface area contributed by atoms with Gasteiger partial charge in [-0.15, -0.1) is 0 Å². The number of hydrogen-bond acceptors (Lipinski definition) is 1. The van der Waals surface area contributed by atoms with Gasteiger partial charge >= 0.3 is 0 Å². The summed E-state index contributed by atoms with van der Waals surface area (Å²) < 4.78 is 1.42. The second-order valence-corrected chi connectivity index (χ2v) is 5.92. The fraction of sp³-hybridized carbons (Fsp3) is 0.600. The molecule has 2 unspecified atom stereocenters. The Kier molecular flexibility index (Phi) is 6.49. The highest BCUT2D eigenvalue weighted by atomic mass is 127. The molecule has 0 heterocycles. The standard InChI is InChI=1S/C15H24IN/c1-5-11(3)10-14(17-6-2)13-9-7-8-12(4)15(13)16/h7-9,11,14,17H,5-6,10H2,1-4H3. The third kappa shape index (κ3) is 4.25. The summed E-state index contributed by atoms with van der Waals surface area (Å²) in [6.45, 7) is 10.0. The topological polar surface area (TPSA) is 12.0 Å². The minimum Gasteiger partial charge on any atom is -0.310 e. The van der Waals surface area contributed by atoms with Crippen LogP contribution in [-0.4, -0.2) is 6.54 Å². The van der Waals surface area contributed by atoms with E-state index in [9.17, 15) is 0 Å². The van der Waals surface area contributed by atoms with Crippen LogP contribution in [0.2, 0.25) is 0 Å². The summed E-state index contributed by atoms with van der Waals surface area (Å²) in [5.41, 5.74) is 2.85. The monoisotopic (exact) mass is 345 g/mol. The molecule has 1 rings (SSSR count). The highest BCUT2D eigenvalue weighted by Gasteiger charge is 2.16. The van der Waals surface area contributed by atoms with Crippen LogP contribution < -0.4 is 5.32 Å². The SMILES string of the molecule is CCNC(CC(C)CC)c1cccc(C)c1I. The lowest BCUT2D eigenvalue weighted by molar-refractivity contribution is 0.407. The molecule has 0 amide bonds. The quantitative estimate of drug-likeness (QED) is 0.738. The van der Waals surface area contributed by atoms with Crippen LogP contribution in [0, 0.1) is 16.4 Å². The molecule has 0 aliphatic carbocycles. The summed E-state index contributed by atoms with van der Waals surface area (Å²) in [5, 5.41) is 3.63. The van der Waals surface area contributed by atoms with E-state index in [4.69, 9.17) is 0 Å². The highest BCUT2D eigenvalue weighted by molar-refractivity contribution is 14.1. The molecule has 1 N–H and O–H groups in total. The molecule has 2 atom stereocenters. The summed E-state index contributed by atoms with van der Waals surface area (Å²) in [7, 11) is 0. The molecule has 0 bridgehead atoms. The van der Waals surface area contributed by atoms with Gasteiger partial charge in [-0.1, -0.05) is 45.4 Å². The lowest BCUT2D eigenvalue weighted by atomic mass is 9.93. The Morgan fingerprint density at radius 3 is 2.59 bits per heavy atom. The minimum absolute atomic E-state index is 0.502. The fourth-order valence-electron chi connectivity index (χ4n) is 2.07. The third-order valence-electron chi connectivity index (χ3n) is 3.38. The first-order valence-electron chi connectivity index (χ1n) is 6.58. The number of nitrogens with one attached hydrogen (secondary N) is 1. The largest absolute Gasteiger partial charge is 0.310 e. The van der Waals surface area contributed by atoms with Crippen LogP contribution in [0.15, 0.2) is 18.2 Å². The van der Waals surface area contributed by atoms with Crippen LogP contribution in [0.25, 0.3) is 0 Å². The molecule has 0 saturated carbocycles. The van der Waals surface area contributed by atoms with E-state index in [0.717, 1.165) is 12.5 Å². The Morgan fingerprint density at radius 1 is 1.29 bits per heavy atom. The van der Waals surface area contributed by atoms with Gasteiger partial charge in [0.15, 0.2) is 0 Å². The maximum absolute atomic E-state index is 3.63. The van der Waals surface area contributed by atoms with E-state index in [1.165, 1.54) is 27.5 Å². The van der Waals surface area contributed by atoms with E-state index in [1.807, 2.05) is 0 Å². The van der Waals surface area contributed by atoms with E-state index >= 15 is 0 Å². The second kappa shape index (κ2) is 7.37. The van der Waals surface area contributed by atoms with Gasteiger partial charge in [0, 0.05) is 9.61 Å². The minimum atomic E-state index is 0.502. The van der Waals surface area contributed by atoms with Crippen LogP contribution >= 0.6 is 22.6 Å². The molecule has 17 heavy (non-hydrogen) atoms. The Labute approximate surface area is 120 Å². The Morgan fingerprint density at radius 2 is 2.00 bits per heavy atom. The van der Waals surface area contributed by atoms with Crippen LogP contribution in [0.5, 0.6) is 0 Å². The van der Waals surface area contributed by atoms with Crippen LogP contribution in [0.4, 0.5) is 0 Å². The van der Waals surface area contributed by atoms with Gasteiger partial charge in [0.05, 0.1) is 0 Å². The molecule has 0 aromatic heterocycles. The first-order valence-corrected chi connectivity index (χ1v) is 7.66. The van der Waals surface area contributed by atoms with E-state index in [-0.39, 0.29) is 0 Å². The van der Waals surface area contributed by atoms with E-state index in [1.54, 1.807) is 0 Å². The molecule has 96 valence electrons. The molecule has 0 saturated heterocycles. The zero-order valence-electron chi connectivity index (χ0n) is 11.4. The Bertz CT molecular complexity index is 349. The van der Waals surface area contributed by atoms with Crippen molar-refractivity contribution in [3.8, 4) is 0 Å². The van der Waals surface area contributed by atoms with Crippen molar-refractivity contribution in [2.45, 2.75) is 46.6 Å². The number of halogens is 1. The smallest absolute Gasteiger partial charge is 0.0333 e. The summed E-state index contributed by atoms with van der Waals surface area (Å²) in [4.78, 5) is 0. The molecule has 0 radical (unpaired) electrons. The van der Waals surface area contributed by atoms with E-state index < -0.39 is 0 Å². The van der Waals surface area contributed by atoms with E-state index in [2.05, 4.69) is 73.8 Å². The average Bonchev–Trinajstić information content (AvgIpc) is 2.32. The molecule has 1 nitrogen and oxygen atoms in total. The lowest BCUT2D eigenvalue weighted by Crippen LogP contribution is -2.23. The predicted molar refractivity (Wildman–Crippen MR) is 84.4 cm³/mol. The van der Waals surface area contributed by atoms with Crippen molar-refractivity contribution in [3.05, 3.63) is 32.9 Å². The van der Waals surface area contributed by atoms with Crippen LogP contribution in [-0.2, 0) is 0 Å². The van der Waals surface area contributed by atoms with Gasteiger partial charge in [0.25, 0.3) is 0 Å². The molecule has 0 spiro atoms. The molecular weight excluding hydrogens is 321 g/mol. The van der Waals surface area contributed by atoms with Crippen molar-refractivity contribution >= 4 is 22.6 Å². The molecule has 0 aliphatic heterocycles. The zero-order chi connectivity index (χ0) is 12.8. The summed E-state index contributed by atoms with van der Waals surface area (Å²) in [6.07, 6.45) is 2.48. The van der Waals surface area contributed by atoms with Gasteiger partial charge in [-0.05, 0) is 59.5 Å². The maximum atomic E-state index is 3.63. The third-order valence-corrected chi connectivity index (χ3v) is 4.86. The summed E-state index contributed by atoms with van der Waals surface area (Å²) in [5.74, 6) is 0.773. The Balaban J connectivity index is 2.92.